The summed E-state index contributed by atoms with van der Waals surface area (Å²) in [4.78, 5) is 42.3. The van der Waals surface area contributed by atoms with E-state index in [2.05, 4.69) is 15.0 Å². The number of aryl methyl sites for hydroxylation is 1. The molecule has 2 heterocycles. The minimum atomic E-state index is -4.09. The lowest BCUT2D eigenvalue weighted by Crippen LogP contribution is -2.43. The van der Waals surface area contributed by atoms with Gasteiger partial charge in [-0.15, -0.1) is 0 Å². The summed E-state index contributed by atoms with van der Waals surface area (Å²) in [6, 6.07) is 11.0. The van der Waals surface area contributed by atoms with Gasteiger partial charge in [0.25, 0.3) is 21.5 Å². The highest BCUT2D eigenvalue weighted by Gasteiger charge is 2.33. The molecule has 47 heavy (non-hydrogen) atoms. The first-order chi connectivity index (χ1) is 22.0. The van der Waals surface area contributed by atoms with Gasteiger partial charge < -0.3 is 25.5 Å². The fraction of sp³-hybridized carbons (Fsp3) is 0.412. The predicted molar refractivity (Wildman–Crippen MR) is 180 cm³/mol. The lowest BCUT2D eigenvalue weighted by Gasteiger charge is -2.35. The van der Waals surface area contributed by atoms with Crippen LogP contribution < -0.4 is 26.1 Å². The average molecular weight is 666 g/mol. The maximum Gasteiger partial charge on any atom is 0.326 e. The van der Waals surface area contributed by atoms with Crippen molar-refractivity contribution in [1.82, 2.24) is 14.6 Å². The molecule has 0 saturated carbocycles. The summed E-state index contributed by atoms with van der Waals surface area (Å²) in [6.45, 7) is 11.3. The van der Waals surface area contributed by atoms with Crippen molar-refractivity contribution in [3.05, 3.63) is 91.9 Å². The molecule has 252 valence electrons. The first-order valence-electron chi connectivity index (χ1n) is 15.4. The van der Waals surface area contributed by atoms with Crippen LogP contribution in [0.15, 0.2) is 57.1 Å². The molecule has 3 aromatic rings. The highest BCUT2D eigenvalue weighted by atomic mass is 32.2. The number of aliphatic imine (C=N–C) groups is 1. The Labute approximate surface area is 275 Å². The van der Waals surface area contributed by atoms with E-state index >= 15 is 0 Å². The number of pyridine rings is 1. The number of nitrogens with two attached hydrogens (primary N) is 1. The molecular formula is C34H43N5O7S. The van der Waals surface area contributed by atoms with Crippen molar-refractivity contribution in [2.24, 2.45) is 10.7 Å². The minimum absolute atomic E-state index is 0.00742. The number of carbonyl (C=O) groups is 2. The summed E-state index contributed by atoms with van der Waals surface area (Å²) < 4.78 is 36.9. The summed E-state index contributed by atoms with van der Waals surface area (Å²) >= 11 is 0. The first-order valence-corrected chi connectivity index (χ1v) is 16.9. The number of nitrogens with zero attached hydrogens (tertiary/aromatic N) is 2. The van der Waals surface area contributed by atoms with Crippen molar-refractivity contribution in [2.75, 3.05) is 6.54 Å². The van der Waals surface area contributed by atoms with Crippen LogP contribution in [0.2, 0.25) is 0 Å². The van der Waals surface area contributed by atoms with Gasteiger partial charge in [0.05, 0.1) is 11.4 Å². The van der Waals surface area contributed by atoms with Gasteiger partial charge in [-0.2, -0.15) is 0 Å². The normalized spacial score (nSPS) is 14.9. The molecule has 5 N–H and O–H groups in total. The molecule has 1 atom stereocenters. The van der Waals surface area contributed by atoms with Crippen molar-refractivity contribution in [3.63, 3.8) is 0 Å². The molecular weight excluding hydrogens is 622 g/mol. The van der Waals surface area contributed by atoms with E-state index < -0.39 is 33.5 Å². The van der Waals surface area contributed by atoms with E-state index in [4.69, 9.17) is 10.5 Å². The Hall–Kier alpha value is -4.65. The lowest BCUT2D eigenvalue weighted by molar-refractivity contribution is -0.139. The number of carbonyl (C=O) groups excluding carboxylic acids is 1. The Morgan fingerprint density at radius 1 is 1.06 bits per heavy atom. The number of nitrogens with one attached hydrogen (secondary N) is 2. The number of hydrogen-bond donors (Lipinski definition) is 4. The van der Waals surface area contributed by atoms with Gasteiger partial charge in [0, 0.05) is 12.2 Å². The van der Waals surface area contributed by atoms with Gasteiger partial charge in [0.2, 0.25) is 5.96 Å². The zero-order valence-corrected chi connectivity index (χ0v) is 28.5. The molecule has 1 amide bonds. The third-order valence-corrected chi connectivity index (χ3v) is 10.2. The quantitative estimate of drug-likeness (QED) is 0.136. The fourth-order valence-corrected chi connectivity index (χ4v) is 7.29. The topological polar surface area (TPSA) is 182 Å². The number of rotatable bonds is 11. The maximum atomic E-state index is 13.4. The van der Waals surface area contributed by atoms with Crippen molar-refractivity contribution in [1.29, 1.82) is 0 Å². The van der Waals surface area contributed by atoms with Gasteiger partial charge in [-0.25, -0.2) is 17.9 Å². The van der Waals surface area contributed by atoms with Crippen molar-refractivity contribution >= 4 is 27.9 Å². The largest absolute Gasteiger partial charge is 0.487 e. The summed E-state index contributed by atoms with van der Waals surface area (Å²) in [7, 11) is -4.09. The first kappa shape index (κ1) is 35.2. The molecule has 0 saturated heterocycles. The SMILES string of the molecule is Cc1c(C)c(S(=O)(=O)NC(N)=NCCC[C@H](NC(=O)c2ccc(C)n(Cc3ccccc3)c2=O)C(=O)O)c(C)c2c1OC(C)(C)CC2. The van der Waals surface area contributed by atoms with Gasteiger partial charge in [-0.05, 0) is 107 Å². The molecule has 12 nitrogen and oxygen atoms in total. The minimum Gasteiger partial charge on any atom is -0.487 e. The Kier molecular flexibility index (Phi) is 10.5. The Morgan fingerprint density at radius 2 is 1.74 bits per heavy atom. The third-order valence-electron chi connectivity index (χ3n) is 8.53. The van der Waals surface area contributed by atoms with Gasteiger partial charge in [0.1, 0.15) is 23.0 Å². The number of guanidine groups is 1. The van der Waals surface area contributed by atoms with E-state index in [1.807, 2.05) is 51.1 Å². The van der Waals surface area contributed by atoms with Gasteiger partial charge in [-0.1, -0.05) is 30.3 Å². The van der Waals surface area contributed by atoms with Gasteiger partial charge in [-0.3, -0.25) is 14.6 Å². The number of aromatic nitrogens is 1. The number of amides is 1. The smallest absolute Gasteiger partial charge is 0.326 e. The van der Waals surface area contributed by atoms with Crippen molar-refractivity contribution in [2.45, 2.75) is 90.3 Å². The molecule has 4 rings (SSSR count). The Balaban J connectivity index is 1.40. The highest BCUT2D eigenvalue weighted by molar-refractivity contribution is 7.90. The molecule has 0 bridgehead atoms. The van der Waals surface area contributed by atoms with Crippen LogP contribution in [0.1, 0.15) is 77.0 Å². The standard InChI is InChI=1S/C34H43N5O7S/c1-20-14-15-26(31(41)39(20)19-24-11-8-7-9-12-24)30(40)37-27(32(42)43)13-10-18-36-33(35)38-47(44,45)29-22(3)21(2)28-25(23(29)4)16-17-34(5,6)46-28/h7-9,11-12,14-15,27H,10,13,16-19H2,1-6H3,(H,37,40)(H,42,43)(H3,35,36,38)/t27-/m0/s1. The molecule has 0 aliphatic carbocycles. The molecule has 2 aromatic carbocycles. The predicted octanol–water partition coefficient (Wildman–Crippen LogP) is 3.49. The van der Waals surface area contributed by atoms with Crippen LogP contribution in [0.4, 0.5) is 0 Å². The van der Waals surface area contributed by atoms with Crippen LogP contribution in [-0.4, -0.2) is 54.1 Å². The highest BCUT2D eigenvalue weighted by Crippen LogP contribution is 2.42. The molecule has 0 spiro atoms. The van der Waals surface area contributed by atoms with Crippen LogP contribution in [-0.2, 0) is 27.8 Å². The summed E-state index contributed by atoms with van der Waals surface area (Å²) in [5, 5.41) is 12.2. The zero-order chi connectivity index (χ0) is 34.7. The number of ether oxygens (including phenoxy) is 1. The van der Waals surface area contributed by atoms with Crippen LogP contribution in [0.5, 0.6) is 5.75 Å². The second kappa shape index (κ2) is 14.0. The maximum absolute atomic E-state index is 13.4. The van der Waals surface area contributed by atoms with E-state index in [0.29, 0.717) is 23.2 Å². The van der Waals surface area contributed by atoms with Crippen LogP contribution in [0.3, 0.4) is 0 Å². The van der Waals surface area contributed by atoms with E-state index in [-0.39, 0.29) is 48.0 Å². The van der Waals surface area contributed by atoms with Gasteiger partial charge in [0.15, 0.2) is 0 Å². The number of benzene rings is 2. The Morgan fingerprint density at radius 3 is 2.40 bits per heavy atom. The molecule has 13 heteroatoms. The number of sulfonamides is 1. The van der Waals surface area contributed by atoms with E-state index in [1.54, 1.807) is 26.8 Å². The van der Waals surface area contributed by atoms with Gasteiger partial charge >= 0.3 is 5.97 Å². The second-order valence-electron chi connectivity index (χ2n) is 12.5. The van der Waals surface area contributed by atoms with Crippen LogP contribution >= 0.6 is 0 Å². The second-order valence-corrected chi connectivity index (χ2v) is 14.1. The summed E-state index contributed by atoms with van der Waals surface area (Å²) in [6.07, 6.45) is 1.55. The fourth-order valence-electron chi connectivity index (χ4n) is 5.77. The van der Waals surface area contributed by atoms with E-state index in [1.165, 1.54) is 10.6 Å². The number of hydrogen-bond acceptors (Lipinski definition) is 7. The van der Waals surface area contributed by atoms with Crippen LogP contribution in [0.25, 0.3) is 0 Å². The number of carboxylic acid groups (broad SMARTS) is 1. The molecule has 1 aliphatic rings. The Bertz CT molecular complexity index is 1880. The molecule has 1 aromatic heterocycles. The van der Waals surface area contributed by atoms with E-state index in [0.717, 1.165) is 28.9 Å². The number of carboxylic acids is 1. The van der Waals surface area contributed by atoms with Crippen molar-refractivity contribution in [3.8, 4) is 5.75 Å². The molecule has 0 fully saturated rings. The van der Waals surface area contributed by atoms with E-state index in [9.17, 15) is 27.9 Å². The monoisotopic (exact) mass is 665 g/mol. The summed E-state index contributed by atoms with van der Waals surface area (Å²) in [5.74, 6) is -1.71. The summed E-state index contributed by atoms with van der Waals surface area (Å²) in [5.41, 5.74) is 9.18. The lowest BCUT2D eigenvalue weighted by atomic mass is 9.88. The third kappa shape index (κ3) is 8.02. The van der Waals surface area contributed by atoms with Crippen molar-refractivity contribution < 1.29 is 27.9 Å². The van der Waals surface area contributed by atoms with Crippen LogP contribution in [0, 0.1) is 27.7 Å². The molecule has 0 radical (unpaired) electrons. The molecule has 1 aliphatic heterocycles. The molecule has 0 unspecified atom stereocenters. The zero-order valence-electron chi connectivity index (χ0n) is 27.6. The number of fused-ring (bicyclic) bond motifs is 1. The average Bonchev–Trinajstić information content (AvgIpc) is 2.99. The number of aliphatic carboxylic acids is 1.